The maximum atomic E-state index is 11.9. The second kappa shape index (κ2) is 7.08. The van der Waals surface area contributed by atoms with Crippen LogP contribution in [0.2, 0.25) is 10.0 Å². The van der Waals surface area contributed by atoms with Gasteiger partial charge in [-0.25, -0.2) is 0 Å². The fourth-order valence-corrected chi connectivity index (χ4v) is 2.20. The minimum atomic E-state index is -1.09. The average molecular weight is 354 g/mol. The molecule has 0 aliphatic rings. The Hall–Kier alpha value is -2.64. The molecule has 2 amide bonds. The van der Waals surface area contributed by atoms with Crippen LogP contribution in [0.4, 0.5) is 17.1 Å². The van der Waals surface area contributed by atoms with Gasteiger partial charge in [-0.3, -0.25) is 19.7 Å². The summed E-state index contributed by atoms with van der Waals surface area (Å²) in [5.41, 5.74) is -0.342. The summed E-state index contributed by atoms with van der Waals surface area (Å²) < 4.78 is 0. The number of rotatable bonds is 3. The van der Waals surface area contributed by atoms with E-state index < -0.39 is 16.7 Å². The molecule has 0 bridgehead atoms. The van der Waals surface area contributed by atoms with Crippen LogP contribution in [0, 0.1) is 10.1 Å². The molecule has 0 saturated carbocycles. The van der Waals surface area contributed by atoms with Crippen molar-refractivity contribution in [2.45, 2.75) is 0 Å². The van der Waals surface area contributed by atoms with Crippen LogP contribution in [0.1, 0.15) is 0 Å². The van der Waals surface area contributed by atoms with Crippen LogP contribution in [-0.4, -0.2) is 16.7 Å². The summed E-state index contributed by atoms with van der Waals surface area (Å²) in [6, 6.07) is 10.0. The predicted molar refractivity (Wildman–Crippen MR) is 86.8 cm³/mol. The molecule has 0 fully saturated rings. The van der Waals surface area contributed by atoms with Gasteiger partial charge in [0.25, 0.3) is 5.69 Å². The lowest BCUT2D eigenvalue weighted by Gasteiger charge is -2.09. The molecule has 23 heavy (non-hydrogen) atoms. The molecule has 0 spiro atoms. The normalized spacial score (nSPS) is 10.0. The summed E-state index contributed by atoms with van der Waals surface area (Å²) >= 11 is 11.8. The Morgan fingerprint density at radius 3 is 2.09 bits per heavy atom. The van der Waals surface area contributed by atoms with E-state index in [0.717, 1.165) is 0 Å². The molecule has 0 heterocycles. The van der Waals surface area contributed by atoms with Crippen LogP contribution < -0.4 is 10.6 Å². The predicted octanol–water partition coefficient (Wildman–Crippen LogP) is 3.48. The van der Waals surface area contributed by atoms with Gasteiger partial charge in [-0.1, -0.05) is 41.4 Å². The molecule has 0 aromatic heterocycles. The van der Waals surface area contributed by atoms with Crippen LogP contribution in [0.3, 0.4) is 0 Å². The lowest BCUT2D eigenvalue weighted by atomic mass is 10.2. The molecule has 118 valence electrons. The maximum absolute atomic E-state index is 11.9. The van der Waals surface area contributed by atoms with Crippen molar-refractivity contribution in [3.05, 3.63) is 62.6 Å². The second-order valence-electron chi connectivity index (χ2n) is 4.28. The number of carbonyl (C=O) groups excluding carboxylic acids is 2. The van der Waals surface area contributed by atoms with E-state index in [4.69, 9.17) is 23.2 Å². The topological polar surface area (TPSA) is 101 Å². The highest BCUT2D eigenvalue weighted by Crippen LogP contribution is 2.30. The van der Waals surface area contributed by atoms with Gasteiger partial charge >= 0.3 is 11.8 Å². The third-order valence-corrected chi connectivity index (χ3v) is 3.39. The Balaban J connectivity index is 2.16. The average Bonchev–Trinajstić information content (AvgIpc) is 2.51. The third kappa shape index (κ3) is 3.97. The van der Waals surface area contributed by atoms with Crippen molar-refractivity contribution in [3.8, 4) is 0 Å². The van der Waals surface area contributed by atoms with Gasteiger partial charge in [0.2, 0.25) is 0 Å². The van der Waals surface area contributed by atoms with Gasteiger partial charge in [0.05, 0.1) is 20.7 Å². The van der Waals surface area contributed by atoms with Gasteiger partial charge in [-0.2, -0.15) is 0 Å². The van der Waals surface area contributed by atoms with E-state index in [1.54, 1.807) is 6.07 Å². The minimum Gasteiger partial charge on any atom is -0.315 e. The summed E-state index contributed by atoms with van der Waals surface area (Å²) in [5, 5.41) is 15.6. The molecule has 0 aliphatic heterocycles. The van der Waals surface area contributed by atoms with Crippen molar-refractivity contribution in [1.82, 2.24) is 0 Å². The van der Waals surface area contributed by atoms with E-state index in [-0.39, 0.29) is 27.1 Å². The zero-order valence-corrected chi connectivity index (χ0v) is 12.9. The molecule has 0 atom stereocenters. The fourth-order valence-electron chi connectivity index (χ4n) is 1.71. The molecule has 2 aromatic carbocycles. The van der Waals surface area contributed by atoms with Gasteiger partial charge < -0.3 is 10.6 Å². The number of para-hydroxylation sites is 3. The van der Waals surface area contributed by atoms with Gasteiger partial charge in [0.1, 0.15) is 5.69 Å². The summed E-state index contributed by atoms with van der Waals surface area (Å²) in [6.45, 7) is 0. The number of carbonyl (C=O) groups is 2. The number of nitrogens with one attached hydrogen (secondary N) is 2. The summed E-state index contributed by atoms with van der Waals surface area (Å²) in [4.78, 5) is 34.0. The first-order chi connectivity index (χ1) is 10.9. The fraction of sp³-hybridized carbons (Fsp3) is 0. The summed E-state index contributed by atoms with van der Waals surface area (Å²) in [6.07, 6.45) is 0. The van der Waals surface area contributed by atoms with E-state index in [1.807, 2.05) is 0 Å². The molecular formula is C14H9Cl2N3O4. The summed E-state index contributed by atoms with van der Waals surface area (Å²) in [7, 11) is 0. The Bertz CT molecular complexity index is 775. The molecule has 7 nitrogen and oxygen atoms in total. The Kier molecular flexibility index (Phi) is 5.15. The van der Waals surface area contributed by atoms with E-state index in [9.17, 15) is 19.7 Å². The smallest absolute Gasteiger partial charge is 0.314 e. The van der Waals surface area contributed by atoms with Crippen molar-refractivity contribution in [2.24, 2.45) is 0 Å². The number of halogens is 2. The van der Waals surface area contributed by atoms with E-state index in [2.05, 4.69) is 10.6 Å². The number of hydrogen-bond acceptors (Lipinski definition) is 4. The first-order valence-electron chi connectivity index (χ1n) is 6.20. The van der Waals surface area contributed by atoms with Crippen LogP contribution >= 0.6 is 23.2 Å². The highest BCUT2D eigenvalue weighted by atomic mass is 35.5. The highest BCUT2D eigenvalue weighted by molar-refractivity contribution is 6.46. The molecule has 0 saturated heterocycles. The third-order valence-electron chi connectivity index (χ3n) is 2.76. The number of nitrogens with zero attached hydrogens (tertiary/aromatic N) is 1. The molecule has 2 rings (SSSR count). The Morgan fingerprint density at radius 2 is 1.48 bits per heavy atom. The molecular weight excluding hydrogens is 345 g/mol. The van der Waals surface area contributed by atoms with E-state index >= 15 is 0 Å². The molecule has 0 aliphatic carbocycles. The number of anilines is 2. The van der Waals surface area contributed by atoms with Gasteiger partial charge in [-0.05, 0) is 18.2 Å². The first kappa shape index (κ1) is 16.7. The molecule has 2 N–H and O–H groups in total. The highest BCUT2D eigenvalue weighted by Gasteiger charge is 2.21. The van der Waals surface area contributed by atoms with Crippen molar-refractivity contribution in [3.63, 3.8) is 0 Å². The summed E-state index contributed by atoms with van der Waals surface area (Å²) in [5.74, 6) is -2.14. The molecule has 0 unspecified atom stereocenters. The van der Waals surface area contributed by atoms with Crippen molar-refractivity contribution < 1.29 is 14.5 Å². The quantitative estimate of drug-likeness (QED) is 0.500. The zero-order valence-electron chi connectivity index (χ0n) is 11.4. The maximum Gasteiger partial charge on any atom is 0.314 e. The molecule has 2 aromatic rings. The molecule has 9 heteroatoms. The van der Waals surface area contributed by atoms with E-state index in [1.165, 1.54) is 36.4 Å². The monoisotopic (exact) mass is 353 g/mol. The van der Waals surface area contributed by atoms with Crippen molar-refractivity contribution in [1.29, 1.82) is 0 Å². The Labute approximate surface area is 140 Å². The van der Waals surface area contributed by atoms with Gasteiger partial charge in [-0.15, -0.1) is 0 Å². The second-order valence-corrected chi connectivity index (χ2v) is 5.09. The lowest BCUT2D eigenvalue weighted by molar-refractivity contribution is -0.383. The van der Waals surface area contributed by atoms with Gasteiger partial charge in [0.15, 0.2) is 0 Å². The number of amides is 2. The number of nitro benzene ring substituents is 1. The lowest BCUT2D eigenvalue weighted by Crippen LogP contribution is -2.29. The largest absolute Gasteiger partial charge is 0.315 e. The van der Waals surface area contributed by atoms with Crippen molar-refractivity contribution >= 4 is 52.1 Å². The minimum absolute atomic E-state index is 0.0820. The zero-order chi connectivity index (χ0) is 17.0. The van der Waals surface area contributed by atoms with Crippen LogP contribution in [0.25, 0.3) is 0 Å². The number of hydrogen-bond donors (Lipinski definition) is 2. The molecule has 0 radical (unpaired) electrons. The number of benzene rings is 2. The van der Waals surface area contributed by atoms with Crippen molar-refractivity contribution in [2.75, 3.05) is 10.6 Å². The van der Waals surface area contributed by atoms with Crippen LogP contribution in [-0.2, 0) is 9.59 Å². The number of nitro groups is 1. The van der Waals surface area contributed by atoms with Crippen LogP contribution in [0.5, 0.6) is 0 Å². The Morgan fingerprint density at radius 1 is 0.913 bits per heavy atom. The van der Waals surface area contributed by atoms with Crippen LogP contribution in [0.15, 0.2) is 42.5 Å². The first-order valence-corrected chi connectivity index (χ1v) is 6.95. The SMILES string of the molecule is O=C(Nc1ccccc1[N+](=O)[O-])C(=O)Nc1c(Cl)cccc1Cl. The van der Waals surface area contributed by atoms with Gasteiger partial charge in [0, 0.05) is 6.07 Å². The van der Waals surface area contributed by atoms with E-state index in [0.29, 0.717) is 0 Å². The standard InChI is InChI=1S/C14H9Cl2N3O4/c15-8-4-3-5-9(16)12(8)18-14(21)13(20)17-10-6-1-2-7-11(10)19(22)23/h1-7H,(H,17,20)(H,18,21).